The van der Waals surface area contributed by atoms with E-state index in [4.69, 9.17) is 4.74 Å². The summed E-state index contributed by atoms with van der Waals surface area (Å²) in [5.74, 6) is 0.759. The van der Waals surface area contributed by atoms with Crippen LogP contribution in [0.3, 0.4) is 0 Å². The maximum atomic E-state index is 12.1. The van der Waals surface area contributed by atoms with Crippen LogP contribution in [0.1, 0.15) is 34.6 Å². The lowest BCUT2D eigenvalue weighted by molar-refractivity contribution is 0.0266. The number of hydrogen-bond donors (Lipinski definition) is 2. The zero-order valence-corrected chi connectivity index (χ0v) is 16.2. The van der Waals surface area contributed by atoms with Gasteiger partial charge in [-0.25, -0.2) is 4.79 Å². The number of aromatic nitrogens is 1. The second-order valence-electron chi connectivity index (χ2n) is 6.67. The van der Waals surface area contributed by atoms with E-state index in [2.05, 4.69) is 20.2 Å². The van der Waals surface area contributed by atoms with Crippen LogP contribution in [0.5, 0.6) is 0 Å². The molecule has 0 aliphatic heterocycles. The Morgan fingerprint density at radius 3 is 2.44 bits per heavy atom. The minimum absolute atomic E-state index is 0.296. The Morgan fingerprint density at radius 1 is 1.20 bits per heavy atom. The average molecular weight is 351 g/mol. The summed E-state index contributed by atoms with van der Waals surface area (Å²) in [7, 11) is 0. The van der Waals surface area contributed by atoms with E-state index in [0.717, 1.165) is 25.6 Å². The Morgan fingerprint density at radius 2 is 1.88 bits per heavy atom. The Bertz CT molecular complexity index is 520. The fourth-order valence-electron chi connectivity index (χ4n) is 2.15. The number of aliphatic imine (C=N–C) groups is 1. The smallest absolute Gasteiger partial charge is 0.410 e. The van der Waals surface area contributed by atoms with Gasteiger partial charge in [0.2, 0.25) is 0 Å². The number of carbonyl (C=O) groups excluding carboxylic acids is 1. The highest BCUT2D eigenvalue weighted by molar-refractivity contribution is 5.79. The van der Waals surface area contributed by atoms with Gasteiger partial charge in [-0.15, -0.1) is 0 Å². The molecule has 1 rings (SSSR count). The summed E-state index contributed by atoms with van der Waals surface area (Å²) in [5, 5.41) is 6.52. The standard InChI is InChI=1S/C18H33N5O2/c1-6-19-16(20-10-14-22-12-8-9-13-22)21-11-15-23(7-2)17(24)25-18(3,4)5/h8-9,12-13H,6-7,10-11,14-15H2,1-5H3,(H2,19,20,21). The number of ether oxygens (including phenoxy) is 1. The molecule has 0 saturated carbocycles. The van der Waals surface area contributed by atoms with Crippen molar-refractivity contribution in [3.05, 3.63) is 24.5 Å². The van der Waals surface area contributed by atoms with Crippen LogP contribution in [0, 0.1) is 0 Å². The highest BCUT2D eigenvalue weighted by Crippen LogP contribution is 2.09. The first-order valence-corrected chi connectivity index (χ1v) is 8.96. The van der Waals surface area contributed by atoms with Crippen molar-refractivity contribution >= 4 is 12.1 Å². The molecule has 0 spiro atoms. The van der Waals surface area contributed by atoms with Crippen molar-refractivity contribution in [3.63, 3.8) is 0 Å². The quantitative estimate of drug-likeness (QED) is 0.557. The van der Waals surface area contributed by atoms with Gasteiger partial charge in [0.15, 0.2) is 5.96 Å². The van der Waals surface area contributed by atoms with Gasteiger partial charge in [0.25, 0.3) is 0 Å². The van der Waals surface area contributed by atoms with Crippen molar-refractivity contribution < 1.29 is 9.53 Å². The summed E-state index contributed by atoms with van der Waals surface area (Å²) >= 11 is 0. The molecular formula is C18H33N5O2. The van der Waals surface area contributed by atoms with E-state index in [1.54, 1.807) is 4.90 Å². The molecule has 0 aliphatic rings. The third-order valence-corrected chi connectivity index (χ3v) is 3.35. The zero-order chi connectivity index (χ0) is 18.7. The van der Waals surface area contributed by atoms with E-state index in [0.29, 0.717) is 19.6 Å². The van der Waals surface area contributed by atoms with Gasteiger partial charge in [-0.05, 0) is 46.8 Å². The lowest BCUT2D eigenvalue weighted by Gasteiger charge is -2.26. The first-order chi connectivity index (χ1) is 11.9. The number of likely N-dealkylation sites (N-methyl/N-ethyl adjacent to an activating group) is 1. The van der Waals surface area contributed by atoms with Crippen molar-refractivity contribution in [2.45, 2.75) is 46.8 Å². The second kappa shape index (κ2) is 10.6. The van der Waals surface area contributed by atoms with Crippen LogP contribution in [0.2, 0.25) is 0 Å². The third-order valence-electron chi connectivity index (χ3n) is 3.35. The lowest BCUT2D eigenvalue weighted by atomic mass is 10.2. The van der Waals surface area contributed by atoms with Crippen molar-refractivity contribution in [3.8, 4) is 0 Å². The second-order valence-corrected chi connectivity index (χ2v) is 6.67. The lowest BCUT2D eigenvalue weighted by Crippen LogP contribution is -2.40. The Hall–Kier alpha value is -2.18. The number of nitrogens with zero attached hydrogens (tertiary/aromatic N) is 3. The average Bonchev–Trinajstić information content (AvgIpc) is 3.03. The third kappa shape index (κ3) is 9.02. The van der Waals surface area contributed by atoms with E-state index in [1.807, 2.05) is 59.1 Å². The summed E-state index contributed by atoms with van der Waals surface area (Å²) in [6, 6.07) is 4.02. The normalized spacial score (nSPS) is 12.0. The summed E-state index contributed by atoms with van der Waals surface area (Å²) in [6.45, 7) is 13.7. The van der Waals surface area contributed by atoms with E-state index >= 15 is 0 Å². The van der Waals surface area contributed by atoms with E-state index in [1.165, 1.54) is 0 Å². The van der Waals surface area contributed by atoms with Crippen molar-refractivity contribution in [2.75, 3.05) is 32.7 Å². The van der Waals surface area contributed by atoms with Crippen LogP contribution < -0.4 is 10.6 Å². The minimum Gasteiger partial charge on any atom is -0.444 e. The molecule has 0 aromatic carbocycles. The molecule has 7 heteroatoms. The van der Waals surface area contributed by atoms with Gasteiger partial charge >= 0.3 is 6.09 Å². The van der Waals surface area contributed by atoms with Gasteiger partial charge in [-0.2, -0.15) is 0 Å². The van der Waals surface area contributed by atoms with E-state index < -0.39 is 5.60 Å². The molecule has 142 valence electrons. The highest BCUT2D eigenvalue weighted by Gasteiger charge is 2.20. The predicted molar refractivity (Wildman–Crippen MR) is 102 cm³/mol. The molecule has 1 heterocycles. The molecule has 7 nitrogen and oxygen atoms in total. The molecule has 1 aromatic rings. The van der Waals surface area contributed by atoms with Gasteiger partial charge in [0, 0.05) is 45.1 Å². The minimum atomic E-state index is -0.483. The monoisotopic (exact) mass is 351 g/mol. The first kappa shape index (κ1) is 20.9. The summed E-state index contributed by atoms with van der Waals surface area (Å²) in [4.78, 5) is 18.3. The maximum Gasteiger partial charge on any atom is 0.410 e. The fourth-order valence-corrected chi connectivity index (χ4v) is 2.15. The molecule has 0 unspecified atom stereocenters. The van der Waals surface area contributed by atoms with Gasteiger partial charge in [-0.1, -0.05) is 0 Å². The number of carbonyl (C=O) groups is 1. The van der Waals surface area contributed by atoms with Crippen LogP contribution >= 0.6 is 0 Å². The largest absolute Gasteiger partial charge is 0.444 e. The Balaban J connectivity index is 2.44. The van der Waals surface area contributed by atoms with E-state index in [-0.39, 0.29) is 6.09 Å². The van der Waals surface area contributed by atoms with Gasteiger partial charge in [0.1, 0.15) is 5.60 Å². The molecule has 25 heavy (non-hydrogen) atoms. The fraction of sp³-hybridized carbons (Fsp3) is 0.667. The highest BCUT2D eigenvalue weighted by atomic mass is 16.6. The predicted octanol–water partition coefficient (Wildman–Crippen LogP) is 2.30. The molecule has 0 atom stereocenters. The molecule has 1 aromatic heterocycles. The maximum absolute atomic E-state index is 12.1. The van der Waals surface area contributed by atoms with Crippen molar-refractivity contribution in [1.29, 1.82) is 0 Å². The molecule has 0 saturated heterocycles. The number of guanidine groups is 1. The molecule has 0 radical (unpaired) electrons. The van der Waals surface area contributed by atoms with E-state index in [9.17, 15) is 4.79 Å². The van der Waals surface area contributed by atoms with Crippen LogP contribution in [-0.4, -0.2) is 59.8 Å². The SMILES string of the molecule is CCNC(=NCCN(CC)C(=O)OC(C)(C)C)NCCn1cccc1. The molecule has 0 aliphatic carbocycles. The molecule has 1 amide bonds. The van der Waals surface area contributed by atoms with Gasteiger partial charge < -0.3 is 24.8 Å². The van der Waals surface area contributed by atoms with Gasteiger partial charge in [-0.3, -0.25) is 4.99 Å². The summed E-state index contributed by atoms with van der Waals surface area (Å²) in [6.07, 6.45) is 3.77. The number of hydrogen-bond acceptors (Lipinski definition) is 3. The topological polar surface area (TPSA) is 70.9 Å². The Kier molecular flexibility index (Phi) is 8.88. The summed E-state index contributed by atoms with van der Waals surface area (Å²) < 4.78 is 7.52. The zero-order valence-electron chi connectivity index (χ0n) is 16.2. The van der Waals surface area contributed by atoms with Crippen LogP contribution in [-0.2, 0) is 11.3 Å². The van der Waals surface area contributed by atoms with Crippen LogP contribution in [0.15, 0.2) is 29.5 Å². The molecular weight excluding hydrogens is 318 g/mol. The first-order valence-electron chi connectivity index (χ1n) is 8.96. The molecule has 0 fully saturated rings. The Labute approximate surface area is 151 Å². The van der Waals surface area contributed by atoms with Gasteiger partial charge in [0.05, 0.1) is 6.54 Å². The van der Waals surface area contributed by atoms with Crippen LogP contribution in [0.4, 0.5) is 4.79 Å². The number of rotatable bonds is 8. The molecule has 0 bridgehead atoms. The number of nitrogens with one attached hydrogen (secondary N) is 2. The van der Waals surface area contributed by atoms with Crippen molar-refractivity contribution in [1.82, 2.24) is 20.1 Å². The number of amides is 1. The van der Waals surface area contributed by atoms with Crippen LogP contribution in [0.25, 0.3) is 0 Å². The molecule has 2 N–H and O–H groups in total. The van der Waals surface area contributed by atoms with Crippen molar-refractivity contribution in [2.24, 2.45) is 4.99 Å². The summed E-state index contributed by atoms with van der Waals surface area (Å²) in [5.41, 5.74) is -0.483.